The largest absolute Gasteiger partial charge is 0.327 e. The minimum Gasteiger partial charge on any atom is -0.327 e. The van der Waals surface area contributed by atoms with Crippen molar-refractivity contribution >= 4 is 27.7 Å². The molecule has 2 nitrogen and oxygen atoms in total. The van der Waals surface area contributed by atoms with Gasteiger partial charge in [0.05, 0.1) is 5.03 Å². The number of pyridine rings is 1. The van der Waals surface area contributed by atoms with Gasteiger partial charge in [0, 0.05) is 22.0 Å². The lowest BCUT2D eigenvalue weighted by atomic mass is 9.88. The second-order valence-corrected chi connectivity index (χ2v) is 7.16. The minimum atomic E-state index is 0.149. The van der Waals surface area contributed by atoms with Gasteiger partial charge in [-0.05, 0) is 40.4 Å². The van der Waals surface area contributed by atoms with E-state index in [-0.39, 0.29) is 11.5 Å². The number of rotatable bonds is 3. The maximum atomic E-state index is 6.04. The Kier molecular flexibility index (Phi) is 4.83. The molecule has 4 heteroatoms. The molecule has 2 N–H and O–H groups in total. The molecule has 0 fully saturated rings. The van der Waals surface area contributed by atoms with Crippen molar-refractivity contribution < 1.29 is 0 Å². The van der Waals surface area contributed by atoms with Crippen LogP contribution < -0.4 is 5.73 Å². The van der Waals surface area contributed by atoms with Crippen LogP contribution in [-0.4, -0.2) is 16.3 Å². The summed E-state index contributed by atoms with van der Waals surface area (Å²) < 4.78 is 1.00. The summed E-state index contributed by atoms with van der Waals surface area (Å²) in [6, 6.07) is 4.18. The Morgan fingerprint density at radius 3 is 2.38 bits per heavy atom. The maximum Gasteiger partial charge on any atom is 0.0964 e. The van der Waals surface area contributed by atoms with Gasteiger partial charge in [-0.25, -0.2) is 4.98 Å². The van der Waals surface area contributed by atoms with E-state index in [0.29, 0.717) is 5.25 Å². The van der Waals surface area contributed by atoms with Gasteiger partial charge in [-0.1, -0.05) is 20.8 Å². The lowest BCUT2D eigenvalue weighted by Gasteiger charge is -2.32. The van der Waals surface area contributed by atoms with Crippen LogP contribution in [0.5, 0.6) is 0 Å². The molecule has 0 aliphatic rings. The van der Waals surface area contributed by atoms with Gasteiger partial charge < -0.3 is 5.73 Å². The van der Waals surface area contributed by atoms with E-state index in [1.165, 1.54) is 0 Å². The fourth-order valence-electron chi connectivity index (χ4n) is 1.63. The molecule has 0 radical (unpaired) electrons. The zero-order chi connectivity index (χ0) is 12.3. The third kappa shape index (κ3) is 4.07. The van der Waals surface area contributed by atoms with Gasteiger partial charge in [0.15, 0.2) is 0 Å². The summed E-state index contributed by atoms with van der Waals surface area (Å²) in [4.78, 5) is 4.37. The average molecular weight is 303 g/mol. The fraction of sp³-hybridized carbons (Fsp3) is 0.583. The van der Waals surface area contributed by atoms with Crippen LogP contribution in [0, 0.1) is 5.41 Å². The number of hydrogen-bond donors (Lipinski definition) is 1. The SMILES string of the molecule is CC(N)C(Sc1ccc(Br)cn1)C(C)(C)C. The van der Waals surface area contributed by atoms with Gasteiger partial charge in [-0.15, -0.1) is 11.8 Å². The molecule has 0 saturated heterocycles. The first kappa shape index (κ1) is 14.0. The lowest BCUT2D eigenvalue weighted by molar-refractivity contribution is 0.363. The van der Waals surface area contributed by atoms with Gasteiger partial charge in [0.25, 0.3) is 0 Å². The standard InChI is InChI=1S/C12H19BrN2S/c1-8(14)11(12(2,3)4)16-10-6-5-9(13)7-15-10/h5-8,11H,14H2,1-4H3. The van der Waals surface area contributed by atoms with Crippen molar-refractivity contribution in [2.75, 3.05) is 0 Å². The van der Waals surface area contributed by atoms with E-state index in [1.807, 2.05) is 18.3 Å². The first-order chi connectivity index (χ1) is 7.30. The van der Waals surface area contributed by atoms with Crippen LogP contribution in [0.15, 0.2) is 27.8 Å². The molecule has 1 aromatic heterocycles. The van der Waals surface area contributed by atoms with Gasteiger partial charge in [0.2, 0.25) is 0 Å². The van der Waals surface area contributed by atoms with Crippen molar-refractivity contribution in [3.63, 3.8) is 0 Å². The summed E-state index contributed by atoms with van der Waals surface area (Å²) >= 11 is 5.14. The van der Waals surface area contributed by atoms with Gasteiger partial charge in [0.1, 0.15) is 0 Å². The Hall–Kier alpha value is -0.0600. The van der Waals surface area contributed by atoms with Crippen molar-refractivity contribution in [3.05, 3.63) is 22.8 Å². The molecule has 90 valence electrons. The van der Waals surface area contributed by atoms with Gasteiger partial charge in [-0.2, -0.15) is 0 Å². The van der Waals surface area contributed by atoms with Crippen molar-refractivity contribution in [3.8, 4) is 0 Å². The molecule has 0 saturated carbocycles. The molecule has 1 aromatic rings. The lowest BCUT2D eigenvalue weighted by Crippen LogP contribution is -2.38. The summed E-state index contributed by atoms with van der Waals surface area (Å²) in [5.41, 5.74) is 6.22. The molecule has 0 aromatic carbocycles. The third-order valence-electron chi connectivity index (χ3n) is 2.28. The normalized spacial score (nSPS) is 15.9. The molecule has 0 spiro atoms. The molecule has 16 heavy (non-hydrogen) atoms. The Labute approximate surface area is 111 Å². The topological polar surface area (TPSA) is 38.9 Å². The quantitative estimate of drug-likeness (QED) is 0.865. The Bertz CT molecular complexity index is 330. The highest BCUT2D eigenvalue weighted by Gasteiger charge is 2.29. The van der Waals surface area contributed by atoms with E-state index in [2.05, 4.69) is 48.6 Å². The molecular formula is C12H19BrN2S. The van der Waals surface area contributed by atoms with Crippen LogP contribution >= 0.6 is 27.7 Å². The molecule has 1 heterocycles. The first-order valence-corrected chi connectivity index (χ1v) is 7.02. The monoisotopic (exact) mass is 302 g/mol. The van der Waals surface area contributed by atoms with E-state index >= 15 is 0 Å². The van der Waals surface area contributed by atoms with E-state index in [1.54, 1.807) is 11.8 Å². The van der Waals surface area contributed by atoms with Crippen molar-refractivity contribution in [2.45, 2.75) is 44.0 Å². The molecule has 1 rings (SSSR count). The van der Waals surface area contributed by atoms with E-state index in [9.17, 15) is 0 Å². The van der Waals surface area contributed by atoms with Crippen molar-refractivity contribution in [1.29, 1.82) is 0 Å². The highest BCUT2D eigenvalue weighted by Crippen LogP contribution is 2.36. The van der Waals surface area contributed by atoms with Crippen molar-refractivity contribution in [1.82, 2.24) is 4.98 Å². The number of halogens is 1. The highest BCUT2D eigenvalue weighted by atomic mass is 79.9. The van der Waals surface area contributed by atoms with Crippen molar-refractivity contribution in [2.24, 2.45) is 11.1 Å². The van der Waals surface area contributed by atoms with E-state index < -0.39 is 0 Å². The average Bonchev–Trinajstić information content (AvgIpc) is 2.14. The number of nitrogens with zero attached hydrogens (tertiary/aromatic N) is 1. The molecular weight excluding hydrogens is 284 g/mol. The summed E-state index contributed by atoms with van der Waals surface area (Å²) in [5.74, 6) is 0. The Morgan fingerprint density at radius 1 is 1.38 bits per heavy atom. The molecule has 0 bridgehead atoms. The number of aromatic nitrogens is 1. The minimum absolute atomic E-state index is 0.149. The van der Waals surface area contributed by atoms with Crippen LogP contribution in [0.4, 0.5) is 0 Å². The van der Waals surface area contributed by atoms with Crippen LogP contribution in [0.1, 0.15) is 27.7 Å². The Balaban J connectivity index is 2.80. The fourth-order valence-corrected chi connectivity index (χ4v) is 2.96. The first-order valence-electron chi connectivity index (χ1n) is 5.34. The molecule has 0 amide bonds. The second-order valence-electron chi connectivity index (χ2n) is 5.08. The van der Waals surface area contributed by atoms with Crippen LogP contribution in [0.2, 0.25) is 0 Å². The number of thioether (sulfide) groups is 1. The zero-order valence-electron chi connectivity index (χ0n) is 10.2. The predicted octanol–water partition coefficient (Wildman–Crippen LogP) is 3.70. The molecule has 2 atom stereocenters. The van der Waals surface area contributed by atoms with Crippen LogP contribution in [0.3, 0.4) is 0 Å². The van der Waals surface area contributed by atoms with Crippen LogP contribution in [0.25, 0.3) is 0 Å². The summed E-state index contributed by atoms with van der Waals surface area (Å²) in [5, 5.41) is 1.39. The summed E-state index contributed by atoms with van der Waals surface area (Å²) in [6.45, 7) is 8.70. The van der Waals surface area contributed by atoms with E-state index in [0.717, 1.165) is 9.50 Å². The van der Waals surface area contributed by atoms with Gasteiger partial charge >= 0.3 is 0 Å². The van der Waals surface area contributed by atoms with Crippen LogP contribution in [-0.2, 0) is 0 Å². The number of hydrogen-bond acceptors (Lipinski definition) is 3. The highest BCUT2D eigenvalue weighted by molar-refractivity contribution is 9.10. The molecule has 0 aliphatic heterocycles. The van der Waals surface area contributed by atoms with E-state index in [4.69, 9.17) is 5.73 Å². The summed E-state index contributed by atoms with van der Waals surface area (Å²) in [6.07, 6.45) is 1.82. The predicted molar refractivity (Wildman–Crippen MR) is 74.7 cm³/mol. The Morgan fingerprint density at radius 2 is 2.00 bits per heavy atom. The smallest absolute Gasteiger partial charge is 0.0964 e. The molecule has 0 aliphatic carbocycles. The maximum absolute atomic E-state index is 6.04. The van der Waals surface area contributed by atoms with Gasteiger partial charge in [-0.3, -0.25) is 0 Å². The zero-order valence-corrected chi connectivity index (χ0v) is 12.6. The number of nitrogens with two attached hydrogens (primary N) is 1. The third-order valence-corrected chi connectivity index (χ3v) is 4.62. The summed E-state index contributed by atoms with van der Waals surface area (Å²) in [7, 11) is 0. The second kappa shape index (κ2) is 5.52. The molecule has 2 unspecified atom stereocenters.